The Hall–Kier alpha value is -1.22. The molecule has 0 saturated heterocycles. The molecule has 0 amide bonds. The number of halogens is 3. The van der Waals surface area contributed by atoms with Crippen molar-refractivity contribution >= 4 is 45.8 Å². The summed E-state index contributed by atoms with van der Waals surface area (Å²) in [5, 5.41) is 1.80. The number of aromatic nitrogens is 2. The molecule has 0 radical (unpaired) electrons. The standard InChI is InChI=1S/C14H9Cl3N2/c15-9-2-4-12-13(7-9)19-14(18-12)6-8-1-3-10(16)11(17)5-8/h1-5,7H,6H2,(H,18,19). The Bertz CT molecular complexity index is 750. The first-order valence-corrected chi connectivity index (χ1v) is 6.83. The number of nitrogens with one attached hydrogen (secondary N) is 1. The van der Waals surface area contributed by atoms with Crippen molar-refractivity contribution < 1.29 is 0 Å². The van der Waals surface area contributed by atoms with E-state index in [1.54, 1.807) is 6.07 Å². The van der Waals surface area contributed by atoms with Gasteiger partial charge in [0.15, 0.2) is 0 Å². The molecule has 5 heteroatoms. The minimum absolute atomic E-state index is 0.554. The molecule has 0 aliphatic carbocycles. The van der Waals surface area contributed by atoms with Gasteiger partial charge in [-0.1, -0.05) is 40.9 Å². The SMILES string of the molecule is Clc1ccc2nc(Cc3ccc(Cl)c(Cl)c3)[nH]c2c1. The molecule has 0 atom stereocenters. The molecule has 0 aliphatic heterocycles. The Morgan fingerprint density at radius 3 is 2.58 bits per heavy atom. The first kappa shape index (κ1) is 12.8. The third kappa shape index (κ3) is 2.71. The molecule has 0 saturated carbocycles. The topological polar surface area (TPSA) is 28.7 Å². The molecule has 3 aromatic rings. The van der Waals surface area contributed by atoms with Gasteiger partial charge in [-0.25, -0.2) is 4.98 Å². The normalized spacial score (nSPS) is 11.1. The summed E-state index contributed by atoms with van der Waals surface area (Å²) in [6, 6.07) is 11.2. The smallest absolute Gasteiger partial charge is 0.111 e. The number of aromatic amines is 1. The van der Waals surface area contributed by atoms with E-state index in [2.05, 4.69) is 9.97 Å². The van der Waals surface area contributed by atoms with Gasteiger partial charge < -0.3 is 4.98 Å². The van der Waals surface area contributed by atoms with Crippen LogP contribution in [0.3, 0.4) is 0 Å². The summed E-state index contributed by atoms with van der Waals surface area (Å²) in [4.78, 5) is 7.76. The summed E-state index contributed by atoms with van der Waals surface area (Å²) in [6.45, 7) is 0. The van der Waals surface area contributed by atoms with Crippen molar-refractivity contribution in [2.45, 2.75) is 6.42 Å². The van der Waals surface area contributed by atoms with Crippen LogP contribution in [0.4, 0.5) is 0 Å². The highest BCUT2D eigenvalue weighted by Crippen LogP contribution is 2.24. The van der Waals surface area contributed by atoms with E-state index >= 15 is 0 Å². The fourth-order valence-corrected chi connectivity index (χ4v) is 2.45. The van der Waals surface area contributed by atoms with Crippen molar-refractivity contribution in [2.75, 3.05) is 0 Å². The number of hydrogen-bond acceptors (Lipinski definition) is 1. The minimum Gasteiger partial charge on any atom is -0.342 e. The molecule has 19 heavy (non-hydrogen) atoms. The molecule has 3 rings (SSSR count). The number of rotatable bonds is 2. The quantitative estimate of drug-likeness (QED) is 0.699. The highest BCUT2D eigenvalue weighted by molar-refractivity contribution is 6.42. The molecule has 0 unspecified atom stereocenters. The van der Waals surface area contributed by atoms with Gasteiger partial charge in [0, 0.05) is 11.4 Å². The highest BCUT2D eigenvalue weighted by atomic mass is 35.5. The average Bonchev–Trinajstić information content (AvgIpc) is 2.75. The number of fused-ring (bicyclic) bond motifs is 1. The van der Waals surface area contributed by atoms with E-state index in [0.717, 1.165) is 22.4 Å². The summed E-state index contributed by atoms with van der Waals surface area (Å²) in [5.41, 5.74) is 2.89. The molecular formula is C14H9Cl3N2. The first-order valence-electron chi connectivity index (χ1n) is 5.70. The second kappa shape index (κ2) is 5.04. The van der Waals surface area contributed by atoms with Crippen molar-refractivity contribution in [3.8, 4) is 0 Å². The van der Waals surface area contributed by atoms with Gasteiger partial charge in [-0.05, 0) is 35.9 Å². The van der Waals surface area contributed by atoms with Gasteiger partial charge >= 0.3 is 0 Å². The fourth-order valence-electron chi connectivity index (χ4n) is 1.96. The van der Waals surface area contributed by atoms with Crippen LogP contribution in [-0.4, -0.2) is 9.97 Å². The largest absolute Gasteiger partial charge is 0.342 e. The Morgan fingerprint density at radius 2 is 1.79 bits per heavy atom. The van der Waals surface area contributed by atoms with Gasteiger partial charge in [0.05, 0.1) is 21.1 Å². The lowest BCUT2D eigenvalue weighted by molar-refractivity contribution is 1.04. The van der Waals surface area contributed by atoms with Crippen LogP contribution in [0, 0.1) is 0 Å². The molecule has 0 aliphatic rings. The average molecular weight is 312 g/mol. The molecular weight excluding hydrogens is 303 g/mol. The molecule has 0 spiro atoms. The lowest BCUT2D eigenvalue weighted by Crippen LogP contribution is -1.90. The Balaban J connectivity index is 1.94. The molecule has 1 heterocycles. The molecule has 2 aromatic carbocycles. The predicted molar refractivity (Wildman–Crippen MR) is 80.4 cm³/mol. The third-order valence-corrected chi connectivity index (χ3v) is 3.82. The lowest BCUT2D eigenvalue weighted by Gasteiger charge is -2.00. The second-order valence-electron chi connectivity index (χ2n) is 4.27. The molecule has 1 aromatic heterocycles. The molecule has 96 valence electrons. The maximum Gasteiger partial charge on any atom is 0.111 e. The summed E-state index contributed by atoms with van der Waals surface area (Å²) in [7, 11) is 0. The van der Waals surface area contributed by atoms with E-state index in [1.165, 1.54) is 0 Å². The van der Waals surface area contributed by atoms with Crippen LogP contribution < -0.4 is 0 Å². The predicted octanol–water partition coefficient (Wildman–Crippen LogP) is 5.11. The van der Waals surface area contributed by atoms with Gasteiger partial charge in [0.2, 0.25) is 0 Å². The highest BCUT2D eigenvalue weighted by Gasteiger charge is 2.06. The summed E-state index contributed by atoms with van der Waals surface area (Å²) in [5.74, 6) is 0.871. The van der Waals surface area contributed by atoms with Gasteiger partial charge in [-0.15, -0.1) is 0 Å². The van der Waals surface area contributed by atoms with Crippen LogP contribution >= 0.6 is 34.8 Å². The van der Waals surface area contributed by atoms with E-state index in [4.69, 9.17) is 34.8 Å². The van der Waals surface area contributed by atoms with E-state index in [9.17, 15) is 0 Å². The van der Waals surface area contributed by atoms with Gasteiger partial charge in [-0.2, -0.15) is 0 Å². The number of H-pyrrole nitrogens is 1. The fraction of sp³-hybridized carbons (Fsp3) is 0.0714. The molecule has 0 fully saturated rings. The number of hydrogen-bond donors (Lipinski definition) is 1. The molecule has 0 bridgehead atoms. The maximum atomic E-state index is 6.00. The summed E-state index contributed by atoms with van der Waals surface area (Å²) < 4.78 is 0. The van der Waals surface area contributed by atoms with Crippen LogP contribution in [0.15, 0.2) is 36.4 Å². The first-order chi connectivity index (χ1) is 9.11. The lowest BCUT2D eigenvalue weighted by atomic mass is 10.1. The van der Waals surface area contributed by atoms with Crippen molar-refractivity contribution in [1.29, 1.82) is 0 Å². The maximum absolute atomic E-state index is 6.00. The number of benzene rings is 2. The number of nitrogens with zero attached hydrogens (tertiary/aromatic N) is 1. The van der Waals surface area contributed by atoms with Crippen molar-refractivity contribution in [3.05, 3.63) is 62.9 Å². The van der Waals surface area contributed by atoms with Crippen LogP contribution in [0.1, 0.15) is 11.4 Å². The number of imidazole rings is 1. The zero-order valence-corrected chi connectivity index (χ0v) is 12.0. The zero-order valence-electron chi connectivity index (χ0n) is 9.75. The van der Waals surface area contributed by atoms with E-state index in [0.29, 0.717) is 21.5 Å². The van der Waals surface area contributed by atoms with Crippen LogP contribution in [0.2, 0.25) is 15.1 Å². The van der Waals surface area contributed by atoms with Crippen molar-refractivity contribution in [3.63, 3.8) is 0 Å². The van der Waals surface area contributed by atoms with Crippen molar-refractivity contribution in [1.82, 2.24) is 9.97 Å². The Labute approximate surface area is 125 Å². The van der Waals surface area contributed by atoms with Crippen molar-refractivity contribution in [2.24, 2.45) is 0 Å². The van der Waals surface area contributed by atoms with Gasteiger partial charge in [0.1, 0.15) is 5.82 Å². The third-order valence-electron chi connectivity index (χ3n) is 2.85. The monoisotopic (exact) mass is 310 g/mol. The Morgan fingerprint density at radius 1 is 0.947 bits per heavy atom. The summed E-state index contributed by atoms with van der Waals surface area (Å²) >= 11 is 17.8. The Kier molecular flexibility index (Phi) is 3.40. The summed E-state index contributed by atoms with van der Waals surface area (Å²) in [6.07, 6.45) is 0.670. The van der Waals surface area contributed by atoms with Gasteiger partial charge in [0.25, 0.3) is 0 Å². The zero-order chi connectivity index (χ0) is 13.4. The second-order valence-corrected chi connectivity index (χ2v) is 5.52. The van der Waals surface area contributed by atoms with Crippen LogP contribution in [0.5, 0.6) is 0 Å². The van der Waals surface area contributed by atoms with E-state index < -0.39 is 0 Å². The van der Waals surface area contributed by atoms with Gasteiger partial charge in [-0.3, -0.25) is 0 Å². The molecule has 2 nitrogen and oxygen atoms in total. The van der Waals surface area contributed by atoms with E-state index in [-0.39, 0.29) is 0 Å². The molecule has 1 N–H and O–H groups in total. The van der Waals surface area contributed by atoms with Crippen LogP contribution in [0.25, 0.3) is 11.0 Å². The minimum atomic E-state index is 0.554. The van der Waals surface area contributed by atoms with Crippen LogP contribution in [-0.2, 0) is 6.42 Å². The van der Waals surface area contributed by atoms with E-state index in [1.807, 2.05) is 30.3 Å².